The first kappa shape index (κ1) is 23.5. The highest BCUT2D eigenvalue weighted by Gasteiger charge is 2.23. The fourth-order valence-electron chi connectivity index (χ4n) is 3.53. The Kier molecular flexibility index (Phi) is 6.07. The molecule has 0 saturated heterocycles. The van der Waals surface area contributed by atoms with Gasteiger partial charge in [-0.1, -0.05) is 0 Å². The van der Waals surface area contributed by atoms with Gasteiger partial charge >= 0.3 is 0 Å². The van der Waals surface area contributed by atoms with Crippen LogP contribution in [0.4, 0.5) is 22.7 Å². The van der Waals surface area contributed by atoms with E-state index in [0.717, 1.165) is 24.3 Å². The minimum Gasteiger partial charge on any atom is -0.258 e. The molecule has 2 heterocycles. The fraction of sp³-hybridized carbons (Fsp3) is 0. The van der Waals surface area contributed by atoms with Gasteiger partial charge in [0.25, 0.3) is 22.7 Å². The summed E-state index contributed by atoms with van der Waals surface area (Å²) in [5.41, 5.74) is -0.331. The molecule has 0 unspecified atom stereocenters. The van der Waals surface area contributed by atoms with Gasteiger partial charge in [0.05, 0.1) is 54.3 Å². The van der Waals surface area contributed by atoms with Crippen LogP contribution in [0.1, 0.15) is 0 Å². The van der Waals surface area contributed by atoms with Crippen molar-refractivity contribution in [3.05, 3.63) is 114 Å². The van der Waals surface area contributed by atoms with E-state index in [-0.39, 0.29) is 22.5 Å². The largest absolute Gasteiger partial charge is 0.284 e. The normalized spacial score (nSPS) is 10.6. The van der Waals surface area contributed by atoms with E-state index in [4.69, 9.17) is 0 Å². The first-order chi connectivity index (χ1) is 17.2. The van der Waals surface area contributed by atoms with Crippen molar-refractivity contribution in [2.45, 2.75) is 0 Å². The van der Waals surface area contributed by atoms with Crippen molar-refractivity contribution in [3.63, 3.8) is 0 Å². The minimum absolute atomic E-state index is 0.122. The number of hydrogen-bond donors (Lipinski definition) is 0. The average Bonchev–Trinajstić information content (AvgIpc) is 2.88. The van der Waals surface area contributed by atoms with Crippen LogP contribution in [0, 0.1) is 40.5 Å². The summed E-state index contributed by atoms with van der Waals surface area (Å²) < 4.78 is 0. The van der Waals surface area contributed by atoms with Crippen LogP contribution in [0.2, 0.25) is 0 Å². The highest BCUT2D eigenvalue weighted by molar-refractivity contribution is 5.80. The lowest BCUT2D eigenvalue weighted by Crippen LogP contribution is -1.97. The van der Waals surface area contributed by atoms with Gasteiger partial charge < -0.3 is 0 Å². The van der Waals surface area contributed by atoms with Crippen molar-refractivity contribution >= 4 is 22.7 Å². The van der Waals surface area contributed by atoms with Crippen LogP contribution in [-0.2, 0) is 0 Å². The zero-order chi connectivity index (χ0) is 26.0. The number of nitro benzene ring substituents is 4. The number of pyridine rings is 2. The summed E-state index contributed by atoms with van der Waals surface area (Å²) in [4.78, 5) is 50.6. The molecule has 4 aromatic rings. The van der Waals surface area contributed by atoms with Crippen molar-refractivity contribution in [1.82, 2.24) is 9.97 Å². The highest BCUT2D eigenvalue weighted by Crippen LogP contribution is 2.36. The maximum absolute atomic E-state index is 11.5. The molecular formula is C22H12N6O8. The van der Waals surface area contributed by atoms with E-state index in [0.29, 0.717) is 11.1 Å². The molecular weight excluding hydrogens is 476 g/mol. The molecule has 4 rings (SSSR count). The molecule has 36 heavy (non-hydrogen) atoms. The molecule has 0 fully saturated rings. The molecule has 0 radical (unpaired) electrons. The monoisotopic (exact) mass is 488 g/mol. The van der Waals surface area contributed by atoms with Crippen LogP contribution in [0.25, 0.3) is 33.6 Å². The van der Waals surface area contributed by atoms with Gasteiger partial charge in [0, 0.05) is 24.5 Å². The predicted octanol–water partition coefficient (Wildman–Crippen LogP) is 5.11. The molecule has 14 heteroatoms. The number of hydrogen-bond acceptors (Lipinski definition) is 10. The van der Waals surface area contributed by atoms with Gasteiger partial charge in [-0.15, -0.1) is 0 Å². The van der Waals surface area contributed by atoms with Gasteiger partial charge in [-0.25, -0.2) is 0 Å². The Morgan fingerprint density at radius 2 is 0.889 bits per heavy atom. The summed E-state index contributed by atoms with van der Waals surface area (Å²) in [7, 11) is 0. The summed E-state index contributed by atoms with van der Waals surface area (Å²) in [6.07, 6.45) is 2.75. The Balaban J connectivity index is 1.79. The van der Waals surface area contributed by atoms with Crippen molar-refractivity contribution in [2.24, 2.45) is 0 Å². The average molecular weight is 488 g/mol. The van der Waals surface area contributed by atoms with E-state index in [9.17, 15) is 40.5 Å². The second-order valence-electron chi connectivity index (χ2n) is 7.29. The number of benzene rings is 2. The van der Waals surface area contributed by atoms with Crippen molar-refractivity contribution in [1.29, 1.82) is 0 Å². The third-order valence-electron chi connectivity index (χ3n) is 5.18. The third kappa shape index (κ3) is 4.54. The summed E-state index contributed by atoms with van der Waals surface area (Å²) >= 11 is 0. The standard InChI is InChI=1S/C22H12N6O8/c29-25(30)15-1-3-17(21(11-15)27(33)34)13-5-7-23-19(9-13)20-10-14(6-8-24-20)18-4-2-16(26(31)32)12-22(18)28(35)36/h1-12H. The quantitative estimate of drug-likeness (QED) is 0.249. The van der Waals surface area contributed by atoms with Gasteiger partial charge in [0.2, 0.25) is 0 Å². The van der Waals surface area contributed by atoms with Gasteiger partial charge in [-0.05, 0) is 47.5 Å². The van der Waals surface area contributed by atoms with Gasteiger partial charge in [-0.3, -0.25) is 50.4 Å². The first-order valence-corrected chi connectivity index (χ1v) is 9.94. The number of aromatic nitrogens is 2. The Morgan fingerprint density at radius 1 is 0.500 bits per heavy atom. The molecule has 0 spiro atoms. The topological polar surface area (TPSA) is 198 Å². The molecule has 0 aliphatic heterocycles. The Hall–Kier alpha value is -5.66. The van der Waals surface area contributed by atoms with Crippen LogP contribution in [-0.4, -0.2) is 29.7 Å². The second kappa shape index (κ2) is 9.30. The molecule has 0 atom stereocenters. The van der Waals surface area contributed by atoms with Crippen molar-refractivity contribution in [3.8, 4) is 33.6 Å². The summed E-state index contributed by atoms with van der Waals surface area (Å²) in [5.74, 6) is 0. The predicted molar refractivity (Wildman–Crippen MR) is 125 cm³/mol. The number of nitrogens with zero attached hydrogens (tertiary/aromatic N) is 6. The maximum Gasteiger partial charge on any atom is 0.284 e. The zero-order valence-corrected chi connectivity index (χ0v) is 17.9. The molecule has 0 aliphatic rings. The number of non-ortho nitro benzene ring substituents is 2. The lowest BCUT2D eigenvalue weighted by molar-refractivity contribution is -0.394. The Labute approximate surface area is 200 Å². The van der Waals surface area contributed by atoms with Crippen LogP contribution in [0.3, 0.4) is 0 Å². The molecule has 0 N–H and O–H groups in total. The molecule has 0 saturated carbocycles. The van der Waals surface area contributed by atoms with E-state index in [2.05, 4.69) is 9.97 Å². The summed E-state index contributed by atoms with van der Waals surface area (Å²) in [6, 6.07) is 12.5. The lowest BCUT2D eigenvalue weighted by Gasteiger charge is -2.08. The lowest BCUT2D eigenvalue weighted by atomic mass is 10.0. The van der Waals surface area contributed by atoms with E-state index in [1.807, 2.05) is 0 Å². The first-order valence-electron chi connectivity index (χ1n) is 9.94. The minimum atomic E-state index is -0.735. The molecule has 0 amide bonds. The zero-order valence-electron chi connectivity index (χ0n) is 17.9. The Morgan fingerprint density at radius 3 is 1.22 bits per heavy atom. The molecule has 14 nitrogen and oxygen atoms in total. The molecule has 2 aromatic carbocycles. The van der Waals surface area contributed by atoms with Gasteiger partial charge in [-0.2, -0.15) is 0 Å². The third-order valence-corrected chi connectivity index (χ3v) is 5.18. The van der Waals surface area contributed by atoms with E-state index in [1.54, 1.807) is 0 Å². The Bertz CT molecular complexity index is 1460. The van der Waals surface area contributed by atoms with Crippen LogP contribution >= 0.6 is 0 Å². The highest BCUT2D eigenvalue weighted by atomic mass is 16.6. The van der Waals surface area contributed by atoms with Crippen LogP contribution < -0.4 is 0 Å². The molecule has 2 aromatic heterocycles. The van der Waals surface area contributed by atoms with E-state index >= 15 is 0 Å². The molecule has 0 aliphatic carbocycles. The van der Waals surface area contributed by atoms with Gasteiger partial charge in [0.1, 0.15) is 0 Å². The van der Waals surface area contributed by atoms with Crippen LogP contribution in [0.15, 0.2) is 73.1 Å². The maximum atomic E-state index is 11.5. The van der Waals surface area contributed by atoms with E-state index < -0.39 is 42.4 Å². The summed E-state index contributed by atoms with van der Waals surface area (Å²) in [6.45, 7) is 0. The summed E-state index contributed by atoms with van der Waals surface area (Å²) in [5, 5.41) is 45.1. The fourth-order valence-corrected chi connectivity index (χ4v) is 3.53. The molecule has 178 valence electrons. The van der Waals surface area contributed by atoms with Crippen LogP contribution in [0.5, 0.6) is 0 Å². The molecule has 0 bridgehead atoms. The van der Waals surface area contributed by atoms with E-state index in [1.165, 1.54) is 48.8 Å². The van der Waals surface area contributed by atoms with Gasteiger partial charge in [0.15, 0.2) is 0 Å². The second-order valence-corrected chi connectivity index (χ2v) is 7.29. The van der Waals surface area contributed by atoms with Crippen molar-refractivity contribution in [2.75, 3.05) is 0 Å². The number of rotatable bonds is 7. The smallest absolute Gasteiger partial charge is 0.258 e. The SMILES string of the molecule is O=[N+]([O-])c1ccc(-c2ccnc(-c3cc(-c4ccc([N+](=O)[O-])cc4[N+](=O)[O-])ccn3)c2)c([N+](=O)[O-])c1. The van der Waals surface area contributed by atoms with Crippen molar-refractivity contribution < 1.29 is 19.7 Å². The number of nitro groups is 4.